The maximum atomic E-state index is 14.0. The first-order valence-corrected chi connectivity index (χ1v) is 18.1. The molecule has 54 heavy (non-hydrogen) atoms. The molecule has 278 valence electrons. The lowest BCUT2D eigenvalue weighted by Gasteiger charge is -2.25. The van der Waals surface area contributed by atoms with Crippen LogP contribution >= 0.6 is 11.6 Å². The first kappa shape index (κ1) is 36.9. The average molecular weight is 754 g/mol. The topological polar surface area (TPSA) is 97.3 Å². The maximum Gasteiger partial charge on any atom is 0.435 e. The van der Waals surface area contributed by atoms with E-state index in [-0.39, 0.29) is 24.0 Å². The summed E-state index contributed by atoms with van der Waals surface area (Å²) in [4.78, 5) is 26.1. The number of carbonyl (C=O) groups excluding carboxylic acids is 2. The van der Waals surface area contributed by atoms with E-state index in [1.807, 2.05) is 54.6 Å². The minimum absolute atomic E-state index is 0.0403. The summed E-state index contributed by atoms with van der Waals surface area (Å²) < 4.78 is 48.3. The van der Waals surface area contributed by atoms with Crippen molar-refractivity contribution in [2.45, 2.75) is 58.0 Å². The quantitative estimate of drug-likeness (QED) is 0.121. The molecule has 0 bridgehead atoms. The van der Waals surface area contributed by atoms with E-state index in [9.17, 15) is 22.8 Å². The van der Waals surface area contributed by atoms with Gasteiger partial charge in [0, 0.05) is 29.1 Å². The molecule has 12 heteroatoms. The predicted octanol–water partition coefficient (Wildman–Crippen LogP) is 10.2. The van der Waals surface area contributed by atoms with E-state index in [0.29, 0.717) is 22.2 Å². The van der Waals surface area contributed by atoms with Crippen LogP contribution in [-0.2, 0) is 17.5 Å². The minimum Gasteiger partial charge on any atom is -0.444 e. The monoisotopic (exact) mass is 753 g/mol. The highest BCUT2D eigenvalue weighted by Gasteiger charge is 2.36. The molecule has 1 aliphatic rings. The van der Waals surface area contributed by atoms with Gasteiger partial charge in [-0.05, 0) is 97.8 Å². The molecule has 1 aliphatic carbocycles. The number of benzene rings is 5. The summed E-state index contributed by atoms with van der Waals surface area (Å²) in [6.07, 6.45) is -3.15. The van der Waals surface area contributed by atoms with Gasteiger partial charge in [0.05, 0.1) is 16.8 Å². The SMILES string of the molecule is CC(C)(C)OC(=O)NCc1cccc(-n2nc(C(F)(F)F)cc2C(=O)Nc2cccc(C(NCC3CC3)c3c4ccccc4c(Cl)c4ccccc34)c2)c1. The third-order valence-electron chi connectivity index (χ3n) is 9.20. The fourth-order valence-corrected chi connectivity index (χ4v) is 6.90. The van der Waals surface area contributed by atoms with Gasteiger partial charge in [0.1, 0.15) is 11.3 Å². The molecule has 1 fully saturated rings. The van der Waals surface area contributed by atoms with Gasteiger partial charge in [0.25, 0.3) is 5.91 Å². The van der Waals surface area contributed by atoms with Gasteiger partial charge in [-0.1, -0.05) is 84.4 Å². The number of hydrogen-bond donors (Lipinski definition) is 3. The number of amides is 2. The van der Waals surface area contributed by atoms with Gasteiger partial charge in [0.2, 0.25) is 0 Å². The molecule has 1 saturated carbocycles. The molecular weight excluding hydrogens is 715 g/mol. The van der Waals surface area contributed by atoms with Crippen molar-refractivity contribution in [2.75, 3.05) is 11.9 Å². The van der Waals surface area contributed by atoms with Crippen LogP contribution in [0.3, 0.4) is 0 Å². The Kier molecular flexibility index (Phi) is 10.1. The maximum absolute atomic E-state index is 14.0. The third-order valence-corrected chi connectivity index (χ3v) is 9.61. The molecule has 2 amide bonds. The largest absolute Gasteiger partial charge is 0.444 e. The van der Waals surface area contributed by atoms with Crippen molar-refractivity contribution in [1.29, 1.82) is 0 Å². The van der Waals surface area contributed by atoms with Gasteiger partial charge >= 0.3 is 12.3 Å². The number of nitrogens with one attached hydrogen (secondary N) is 3. The smallest absolute Gasteiger partial charge is 0.435 e. The Hall–Kier alpha value is -5.39. The van der Waals surface area contributed by atoms with E-state index in [2.05, 4.69) is 33.2 Å². The van der Waals surface area contributed by atoms with Crippen LogP contribution in [-0.4, -0.2) is 33.9 Å². The Morgan fingerprint density at radius 3 is 2.15 bits per heavy atom. The van der Waals surface area contributed by atoms with Gasteiger partial charge in [-0.3, -0.25) is 4.79 Å². The van der Waals surface area contributed by atoms with Gasteiger partial charge in [-0.2, -0.15) is 18.3 Å². The Morgan fingerprint density at radius 2 is 1.52 bits per heavy atom. The molecular formula is C42H39ClF3N5O3. The van der Waals surface area contributed by atoms with Gasteiger partial charge < -0.3 is 20.7 Å². The predicted molar refractivity (Wildman–Crippen MR) is 205 cm³/mol. The normalized spacial score (nSPS) is 13.9. The number of carbonyl (C=O) groups is 2. The number of nitrogens with zero attached hydrogens (tertiary/aromatic N) is 2. The van der Waals surface area contributed by atoms with Gasteiger partial charge in [-0.15, -0.1) is 0 Å². The molecule has 3 N–H and O–H groups in total. The van der Waals surface area contributed by atoms with Crippen LogP contribution in [0.1, 0.15) is 72.5 Å². The average Bonchev–Trinajstić information content (AvgIpc) is 3.84. The zero-order valence-corrected chi connectivity index (χ0v) is 30.7. The molecule has 1 aromatic heterocycles. The molecule has 0 aliphatic heterocycles. The summed E-state index contributed by atoms with van der Waals surface area (Å²) in [7, 11) is 0. The first-order chi connectivity index (χ1) is 25.7. The molecule has 7 rings (SSSR count). The molecule has 6 aromatic rings. The Labute approximate surface area is 315 Å². The summed E-state index contributed by atoms with van der Waals surface area (Å²) in [5, 5.41) is 17.6. The third kappa shape index (κ3) is 8.22. The van der Waals surface area contributed by atoms with E-state index in [1.54, 1.807) is 51.1 Å². The lowest BCUT2D eigenvalue weighted by Crippen LogP contribution is -2.32. The van der Waals surface area contributed by atoms with Crippen molar-refractivity contribution in [1.82, 2.24) is 20.4 Å². The van der Waals surface area contributed by atoms with Crippen molar-refractivity contribution in [2.24, 2.45) is 5.92 Å². The number of halogens is 4. The van der Waals surface area contributed by atoms with E-state index in [4.69, 9.17) is 16.3 Å². The van der Waals surface area contributed by atoms with Crippen LogP contribution in [0.15, 0.2) is 103 Å². The highest BCUT2D eigenvalue weighted by atomic mass is 35.5. The number of anilines is 1. The summed E-state index contributed by atoms with van der Waals surface area (Å²) in [6.45, 7) is 6.04. The lowest BCUT2D eigenvalue weighted by atomic mass is 9.88. The fraction of sp³-hybridized carbons (Fsp3) is 0.262. The van der Waals surface area contributed by atoms with Crippen LogP contribution in [0.2, 0.25) is 5.02 Å². The minimum atomic E-state index is -4.80. The highest BCUT2D eigenvalue weighted by molar-refractivity contribution is 6.41. The van der Waals surface area contributed by atoms with Gasteiger partial charge in [0.15, 0.2) is 5.69 Å². The second kappa shape index (κ2) is 14.8. The summed E-state index contributed by atoms with van der Waals surface area (Å²) in [5.41, 5.74) is 0.836. The molecule has 0 spiro atoms. The second-order valence-corrected chi connectivity index (χ2v) is 14.9. The summed E-state index contributed by atoms with van der Waals surface area (Å²) in [5.74, 6) is -0.216. The van der Waals surface area contributed by atoms with E-state index < -0.39 is 29.5 Å². The first-order valence-electron chi connectivity index (χ1n) is 17.7. The Bertz CT molecular complexity index is 2310. The van der Waals surface area contributed by atoms with E-state index in [1.165, 1.54) is 0 Å². The van der Waals surface area contributed by atoms with Gasteiger partial charge in [-0.25, -0.2) is 9.48 Å². The molecule has 0 saturated heterocycles. The molecule has 1 unspecified atom stereocenters. The number of rotatable bonds is 10. The van der Waals surface area contributed by atoms with Crippen molar-refractivity contribution in [3.8, 4) is 5.69 Å². The van der Waals surface area contributed by atoms with Crippen LogP contribution in [0.25, 0.3) is 27.2 Å². The number of ether oxygens (including phenoxy) is 1. The molecule has 8 nitrogen and oxygen atoms in total. The molecule has 5 aromatic carbocycles. The van der Waals surface area contributed by atoms with Crippen LogP contribution in [0.4, 0.5) is 23.7 Å². The molecule has 0 radical (unpaired) electrons. The fourth-order valence-electron chi connectivity index (χ4n) is 6.57. The van der Waals surface area contributed by atoms with Crippen molar-refractivity contribution < 1.29 is 27.5 Å². The zero-order valence-electron chi connectivity index (χ0n) is 29.9. The Morgan fingerprint density at radius 1 is 0.870 bits per heavy atom. The standard InChI is InChI=1S/C42H39ClF3N5O3/c1-41(2,3)54-40(53)48-24-26-10-8-13-29(20-26)51-34(22-35(50-51)42(44,45)46)39(52)49-28-12-9-11-27(21-28)38(47-23-25-18-19-25)36-30-14-4-6-16-32(30)37(43)33-17-7-5-15-31(33)36/h4-17,20-22,25,38,47H,18-19,23-24H2,1-3H3,(H,48,53)(H,49,52). The lowest BCUT2D eigenvalue weighted by molar-refractivity contribution is -0.141. The summed E-state index contributed by atoms with van der Waals surface area (Å²) >= 11 is 6.95. The second-order valence-electron chi connectivity index (χ2n) is 14.5. The number of aromatic nitrogens is 2. The number of fused-ring (bicyclic) bond motifs is 2. The molecule has 1 heterocycles. The van der Waals surface area contributed by atoms with Crippen LogP contribution in [0.5, 0.6) is 0 Å². The van der Waals surface area contributed by atoms with Crippen molar-refractivity contribution in [3.05, 3.63) is 136 Å². The number of alkyl halides is 3. The van der Waals surface area contributed by atoms with E-state index in [0.717, 1.165) is 62.8 Å². The van der Waals surface area contributed by atoms with Crippen LogP contribution in [0, 0.1) is 5.92 Å². The zero-order chi connectivity index (χ0) is 38.2. The van der Waals surface area contributed by atoms with Crippen LogP contribution < -0.4 is 16.0 Å². The van der Waals surface area contributed by atoms with Crippen molar-refractivity contribution in [3.63, 3.8) is 0 Å². The van der Waals surface area contributed by atoms with Crippen molar-refractivity contribution >= 4 is 50.8 Å². The number of hydrogen-bond acceptors (Lipinski definition) is 5. The number of alkyl carbamates (subject to hydrolysis) is 1. The highest BCUT2D eigenvalue weighted by Crippen LogP contribution is 2.42. The Balaban J connectivity index is 1.22. The molecule has 1 atom stereocenters. The summed E-state index contributed by atoms with van der Waals surface area (Å²) in [6, 6.07) is 30.2. The van der Waals surface area contributed by atoms with E-state index >= 15 is 0 Å².